The quantitative estimate of drug-likeness (QED) is 0.448. The van der Waals surface area contributed by atoms with Gasteiger partial charge in [-0.05, 0) is 41.6 Å². The second-order valence-electron chi connectivity index (χ2n) is 5.82. The summed E-state index contributed by atoms with van der Waals surface area (Å²) in [5, 5.41) is 12.7. The number of carbonyl (C=O) groups excluding carboxylic acids is 1. The lowest BCUT2D eigenvalue weighted by Gasteiger charge is -2.07. The molecule has 1 amide bonds. The van der Waals surface area contributed by atoms with Crippen molar-refractivity contribution in [3.63, 3.8) is 0 Å². The van der Waals surface area contributed by atoms with Gasteiger partial charge in [0.2, 0.25) is 5.91 Å². The second kappa shape index (κ2) is 8.81. The maximum Gasteiger partial charge on any atom is 0.227 e. The number of nitrogens with one attached hydrogen (secondary N) is 1. The molecule has 0 saturated carbocycles. The third-order valence-corrected chi connectivity index (χ3v) is 5.99. The number of anilines is 1. The van der Waals surface area contributed by atoms with Gasteiger partial charge < -0.3 is 5.32 Å². The van der Waals surface area contributed by atoms with Crippen molar-refractivity contribution >= 4 is 69.1 Å². The van der Waals surface area contributed by atoms with E-state index in [0.717, 1.165) is 14.8 Å². The van der Waals surface area contributed by atoms with Gasteiger partial charge in [0.15, 0.2) is 5.82 Å². The Balaban J connectivity index is 1.64. The first-order chi connectivity index (χ1) is 12.8. The molecule has 27 heavy (non-hydrogen) atoms. The first kappa shape index (κ1) is 20.4. The summed E-state index contributed by atoms with van der Waals surface area (Å²) in [6.07, 6.45) is 3.65. The predicted molar refractivity (Wildman–Crippen MR) is 116 cm³/mol. The van der Waals surface area contributed by atoms with Gasteiger partial charge in [-0.2, -0.15) is 10.2 Å². The fraction of sp³-hybridized carbons (Fsp3) is 0.235. The summed E-state index contributed by atoms with van der Waals surface area (Å²) in [6, 6.07) is 5.29. The highest BCUT2D eigenvalue weighted by Gasteiger charge is 2.14. The van der Waals surface area contributed by atoms with Crippen LogP contribution in [0, 0.1) is 10.5 Å². The fourth-order valence-electron chi connectivity index (χ4n) is 2.46. The van der Waals surface area contributed by atoms with E-state index >= 15 is 0 Å². The average Bonchev–Trinajstić information content (AvgIpc) is 3.12. The molecule has 3 aromatic rings. The highest BCUT2D eigenvalue weighted by atomic mass is 127. The number of amides is 1. The molecule has 1 aromatic carbocycles. The molecule has 6 nitrogen and oxygen atoms in total. The molecule has 0 saturated heterocycles. The molecular formula is C17H15Cl3IN5O. The van der Waals surface area contributed by atoms with Gasteiger partial charge in [0.05, 0.1) is 22.9 Å². The molecule has 142 valence electrons. The molecule has 0 aliphatic heterocycles. The Kier molecular flexibility index (Phi) is 6.67. The van der Waals surface area contributed by atoms with Crippen LogP contribution in [0.5, 0.6) is 0 Å². The molecule has 1 N–H and O–H groups in total. The van der Waals surface area contributed by atoms with Crippen molar-refractivity contribution in [2.24, 2.45) is 0 Å². The van der Waals surface area contributed by atoms with Crippen LogP contribution in [0.15, 0.2) is 30.6 Å². The monoisotopic (exact) mass is 537 g/mol. The molecule has 0 radical (unpaired) electrons. The number of nitrogens with zero attached hydrogens (tertiary/aromatic N) is 4. The van der Waals surface area contributed by atoms with E-state index in [9.17, 15) is 4.79 Å². The zero-order valence-corrected chi connectivity index (χ0v) is 18.6. The molecule has 0 spiro atoms. The lowest BCUT2D eigenvalue weighted by molar-refractivity contribution is -0.116. The Morgan fingerprint density at radius 2 is 1.93 bits per heavy atom. The van der Waals surface area contributed by atoms with Crippen molar-refractivity contribution < 1.29 is 4.79 Å². The van der Waals surface area contributed by atoms with E-state index in [1.807, 2.05) is 6.92 Å². The Morgan fingerprint density at radius 1 is 1.22 bits per heavy atom. The highest BCUT2D eigenvalue weighted by Crippen LogP contribution is 2.27. The van der Waals surface area contributed by atoms with Crippen LogP contribution in [0.25, 0.3) is 0 Å². The lowest BCUT2D eigenvalue weighted by Crippen LogP contribution is -2.16. The maximum absolute atomic E-state index is 12.2. The van der Waals surface area contributed by atoms with Gasteiger partial charge in [0, 0.05) is 33.9 Å². The largest absolute Gasteiger partial charge is 0.308 e. The van der Waals surface area contributed by atoms with Crippen LogP contribution in [-0.4, -0.2) is 25.5 Å². The summed E-state index contributed by atoms with van der Waals surface area (Å²) < 4.78 is 4.44. The van der Waals surface area contributed by atoms with Crippen molar-refractivity contribution in [1.29, 1.82) is 0 Å². The minimum absolute atomic E-state index is 0.192. The lowest BCUT2D eigenvalue weighted by atomic mass is 10.2. The van der Waals surface area contributed by atoms with Crippen molar-refractivity contribution in [3.8, 4) is 0 Å². The number of benzene rings is 1. The summed E-state index contributed by atoms with van der Waals surface area (Å²) in [5.74, 6) is 0.111. The number of carbonyl (C=O) groups is 1. The average molecular weight is 539 g/mol. The van der Waals surface area contributed by atoms with Gasteiger partial charge in [0.25, 0.3) is 0 Å². The Morgan fingerprint density at radius 3 is 2.56 bits per heavy atom. The minimum atomic E-state index is -0.192. The van der Waals surface area contributed by atoms with Gasteiger partial charge in [-0.25, -0.2) is 0 Å². The van der Waals surface area contributed by atoms with Crippen LogP contribution in [0.4, 0.5) is 5.82 Å². The topological polar surface area (TPSA) is 64.7 Å². The smallest absolute Gasteiger partial charge is 0.227 e. The first-order valence-corrected chi connectivity index (χ1v) is 10.2. The number of aromatic nitrogens is 4. The number of hydrogen-bond donors (Lipinski definition) is 1. The van der Waals surface area contributed by atoms with E-state index in [1.165, 1.54) is 0 Å². The summed E-state index contributed by atoms with van der Waals surface area (Å²) in [5.41, 5.74) is 1.77. The van der Waals surface area contributed by atoms with E-state index in [1.54, 1.807) is 40.0 Å². The van der Waals surface area contributed by atoms with Crippen LogP contribution in [0.1, 0.15) is 17.7 Å². The molecular weight excluding hydrogens is 523 g/mol. The van der Waals surface area contributed by atoms with E-state index in [2.05, 4.69) is 38.1 Å². The van der Waals surface area contributed by atoms with Crippen LogP contribution in [0.3, 0.4) is 0 Å². The Labute approximate surface area is 184 Å². The van der Waals surface area contributed by atoms with Crippen LogP contribution >= 0.6 is 57.4 Å². The van der Waals surface area contributed by atoms with Crippen LogP contribution in [0.2, 0.25) is 15.1 Å². The van der Waals surface area contributed by atoms with Crippen LogP contribution < -0.4 is 5.32 Å². The van der Waals surface area contributed by atoms with E-state index in [0.29, 0.717) is 34.0 Å². The standard InChI is InChI=1S/C17H15Cl3IN5O/c1-10-15(21)7-22-26(10)6-5-16(27)23-17-14(20)9-25(24-17)8-11-12(18)3-2-4-13(11)19/h2-4,7,9H,5-6,8H2,1H3,(H,23,24,27). The van der Waals surface area contributed by atoms with Crippen molar-refractivity contribution in [2.45, 2.75) is 26.4 Å². The summed E-state index contributed by atoms with van der Waals surface area (Å²) in [4.78, 5) is 12.2. The normalized spacial score (nSPS) is 11.0. The second-order valence-corrected chi connectivity index (χ2v) is 8.21. The summed E-state index contributed by atoms with van der Waals surface area (Å²) >= 11 is 20.8. The molecule has 0 atom stereocenters. The predicted octanol–water partition coefficient (Wildman–Crippen LogP) is 5.03. The Bertz CT molecular complexity index is 965. The molecule has 0 fully saturated rings. The molecule has 3 rings (SSSR count). The fourth-order valence-corrected chi connectivity index (χ4v) is 3.58. The van der Waals surface area contributed by atoms with Crippen molar-refractivity contribution in [3.05, 3.63) is 60.5 Å². The summed E-state index contributed by atoms with van der Waals surface area (Å²) in [6.45, 7) is 2.79. The zero-order valence-electron chi connectivity index (χ0n) is 14.2. The molecule has 2 aromatic heterocycles. The number of halogens is 4. The molecule has 0 bridgehead atoms. The molecule has 10 heteroatoms. The molecule has 0 aliphatic rings. The first-order valence-electron chi connectivity index (χ1n) is 7.98. The van der Waals surface area contributed by atoms with E-state index in [4.69, 9.17) is 34.8 Å². The van der Waals surface area contributed by atoms with Gasteiger partial charge >= 0.3 is 0 Å². The zero-order chi connectivity index (χ0) is 19.6. The van der Waals surface area contributed by atoms with Gasteiger partial charge in [-0.3, -0.25) is 14.2 Å². The SMILES string of the molecule is Cc1c(I)cnn1CCC(=O)Nc1nn(Cc2c(Cl)cccc2Cl)cc1Cl. The highest BCUT2D eigenvalue weighted by molar-refractivity contribution is 14.1. The minimum Gasteiger partial charge on any atom is -0.308 e. The van der Waals surface area contributed by atoms with Gasteiger partial charge in [0.1, 0.15) is 5.02 Å². The van der Waals surface area contributed by atoms with Gasteiger partial charge in [-0.1, -0.05) is 40.9 Å². The van der Waals surface area contributed by atoms with E-state index in [-0.39, 0.29) is 12.3 Å². The van der Waals surface area contributed by atoms with Gasteiger partial charge in [-0.15, -0.1) is 0 Å². The number of hydrogen-bond acceptors (Lipinski definition) is 3. The van der Waals surface area contributed by atoms with E-state index < -0.39 is 0 Å². The maximum atomic E-state index is 12.2. The van der Waals surface area contributed by atoms with Crippen molar-refractivity contribution in [1.82, 2.24) is 19.6 Å². The Hall–Kier alpha value is -1.29. The summed E-state index contributed by atoms with van der Waals surface area (Å²) in [7, 11) is 0. The molecule has 0 unspecified atom stereocenters. The van der Waals surface area contributed by atoms with Crippen LogP contribution in [-0.2, 0) is 17.9 Å². The number of aryl methyl sites for hydroxylation is 1. The molecule has 2 heterocycles. The van der Waals surface area contributed by atoms with Crippen molar-refractivity contribution in [2.75, 3.05) is 5.32 Å². The third-order valence-electron chi connectivity index (χ3n) is 3.95. The third kappa shape index (κ3) is 4.96. The molecule has 0 aliphatic carbocycles. The number of rotatable bonds is 6.